The Hall–Kier alpha value is -1.81. The van der Waals surface area contributed by atoms with Crippen LogP contribution in [0.3, 0.4) is 0 Å². The van der Waals surface area contributed by atoms with Crippen LogP contribution in [0.1, 0.15) is 31.7 Å². The molecule has 0 aliphatic carbocycles. The average Bonchev–Trinajstić information content (AvgIpc) is 2.76. The molecule has 1 saturated heterocycles. The summed E-state index contributed by atoms with van der Waals surface area (Å²) in [6.07, 6.45) is 4.64. The number of carbonyl (C=O) groups excluding carboxylic acids is 1. The third-order valence-electron chi connectivity index (χ3n) is 4.43. The highest BCUT2D eigenvalue weighted by Gasteiger charge is 2.27. The molecule has 1 aliphatic heterocycles. The molecule has 1 atom stereocenters. The van der Waals surface area contributed by atoms with E-state index in [1.807, 2.05) is 42.3 Å². The molecule has 1 fully saturated rings. The maximum Gasteiger partial charge on any atom is 0.227 e. The Kier molecular flexibility index (Phi) is 3.72. The maximum absolute atomic E-state index is 12.5. The van der Waals surface area contributed by atoms with E-state index in [0.29, 0.717) is 19.4 Å². The quantitative estimate of drug-likeness (QED) is 0.891. The van der Waals surface area contributed by atoms with E-state index >= 15 is 0 Å². The van der Waals surface area contributed by atoms with Crippen LogP contribution < -0.4 is 0 Å². The van der Waals surface area contributed by atoms with E-state index in [0.717, 1.165) is 35.9 Å². The van der Waals surface area contributed by atoms with Gasteiger partial charge < -0.3 is 15.0 Å². The van der Waals surface area contributed by atoms with Crippen molar-refractivity contribution in [2.75, 3.05) is 13.1 Å². The van der Waals surface area contributed by atoms with Crippen LogP contribution in [0.2, 0.25) is 0 Å². The number of aliphatic hydroxyl groups is 1. The van der Waals surface area contributed by atoms with Crippen molar-refractivity contribution < 1.29 is 9.90 Å². The first-order valence-electron chi connectivity index (χ1n) is 7.60. The van der Waals surface area contributed by atoms with E-state index in [9.17, 15) is 9.90 Å². The van der Waals surface area contributed by atoms with Gasteiger partial charge in [0.25, 0.3) is 0 Å². The minimum Gasteiger partial charge on any atom is -0.390 e. The van der Waals surface area contributed by atoms with Gasteiger partial charge in [0.15, 0.2) is 0 Å². The van der Waals surface area contributed by atoms with Gasteiger partial charge in [0, 0.05) is 30.2 Å². The fraction of sp³-hybridized carbons (Fsp3) is 0.471. The van der Waals surface area contributed by atoms with Crippen LogP contribution in [0, 0.1) is 0 Å². The number of nitrogens with zero attached hydrogens (tertiary/aromatic N) is 1. The average molecular weight is 286 g/mol. The van der Waals surface area contributed by atoms with Gasteiger partial charge in [-0.3, -0.25) is 4.79 Å². The largest absolute Gasteiger partial charge is 0.390 e. The normalized spacial score (nSPS) is 23.2. The fourth-order valence-corrected chi connectivity index (χ4v) is 3.07. The van der Waals surface area contributed by atoms with E-state index < -0.39 is 5.60 Å². The van der Waals surface area contributed by atoms with Gasteiger partial charge in [-0.25, -0.2) is 0 Å². The van der Waals surface area contributed by atoms with E-state index in [1.54, 1.807) is 0 Å². The summed E-state index contributed by atoms with van der Waals surface area (Å²) < 4.78 is 0. The first kappa shape index (κ1) is 14.1. The molecule has 1 aliphatic rings. The number of benzene rings is 1. The zero-order valence-corrected chi connectivity index (χ0v) is 12.4. The number of fused-ring (bicyclic) bond motifs is 1. The van der Waals surface area contributed by atoms with E-state index in [2.05, 4.69) is 4.98 Å². The minimum atomic E-state index is -0.629. The van der Waals surface area contributed by atoms with E-state index in [1.165, 1.54) is 0 Å². The SMILES string of the molecule is CC1(O)CCCN(C(=O)Cc2c[nH]c3ccccc23)CC1. The lowest BCUT2D eigenvalue weighted by molar-refractivity contribution is -0.130. The number of nitrogens with one attached hydrogen (secondary N) is 1. The number of H-pyrrole nitrogens is 1. The highest BCUT2D eigenvalue weighted by atomic mass is 16.3. The third-order valence-corrected chi connectivity index (χ3v) is 4.43. The van der Waals surface area contributed by atoms with Crippen molar-refractivity contribution in [3.8, 4) is 0 Å². The number of rotatable bonds is 2. The number of likely N-dealkylation sites (tertiary alicyclic amines) is 1. The predicted molar refractivity (Wildman–Crippen MR) is 83.1 cm³/mol. The lowest BCUT2D eigenvalue weighted by atomic mass is 9.98. The first-order chi connectivity index (χ1) is 10.1. The summed E-state index contributed by atoms with van der Waals surface area (Å²) in [7, 11) is 0. The molecule has 0 spiro atoms. The number of para-hydroxylation sites is 1. The summed E-state index contributed by atoms with van der Waals surface area (Å²) in [5.74, 6) is 0.150. The van der Waals surface area contributed by atoms with Crippen molar-refractivity contribution >= 4 is 16.8 Å². The molecule has 2 aromatic rings. The van der Waals surface area contributed by atoms with Crippen LogP contribution in [0.5, 0.6) is 0 Å². The summed E-state index contributed by atoms with van der Waals surface area (Å²) in [4.78, 5) is 17.6. The zero-order chi connectivity index (χ0) is 14.9. The molecule has 3 rings (SSSR count). The van der Waals surface area contributed by atoms with Crippen molar-refractivity contribution in [2.45, 2.75) is 38.2 Å². The van der Waals surface area contributed by atoms with Gasteiger partial charge in [-0.05, 0) is 37.8 Å². The van der Waals surface area contributed by atoms with Gasteiger partial charge in [0.1, 0.15) is 0 Å². The molecule has 0 bridgehead atoms. The zero-order valence-electron chi connectivity index (χ0n) is 12.4. The molecule has 0 radical (unpaired) electrons. The van der Waals surface area contributed by atoms with Gasteiger partial charge >= 0.3 is 0 Å². The second kappa shape index (κ2) is 5.53. The highest BCUT2D eigenvalue weighted by molar-refractivity contribution is 5.88. The Morgan fingerprint density at radius 1 is 1.33 bits per heavy atom. The topological polar surface area (TPSA) is 56.3 Å². The minimum absolute atomic E-state index is 0.150. The number of aromatic amines is 1. The number of carbonyl (C=O) groups is 1. The molecule has 1 unspecified atom stereocenters. The molecule has 1 amide bonds. The number of amides is 1. The highest BCUT2D eigenvalue weighted by Crippen LogP contribution is 2.23. The molecule has 4 heteroatoms. The van der Waals surface area contributed by atoms with Gasteiger partial charge in [0.2, 0.25) is 5.91 Å². The van der Waals surface area contributed by atoms with E-state index in [-0.39, 0.29) is 5.91 Å². The van der Waals surface area contributed by atoms with Crippen LogP contribution in [-0.2, 0) is 11.2 Å². The summed E-state index contributed by atoms with van der Waals surface area (Å²) >= 11 is 0. The van der Waals surface area contributed by atoms with Crippen LogP contribution in [-0.4, -0.2) is 39.6 Å². The Morgan fingerprint density at radius 2 is 2.14 bits per heavy atom. The van der Waals surface area contributed by atoms with Crippen molar-refractivity contribution in [3.05, 3.63) is 36.0 Å². The summed E-state index contributed by atoms with van der Waals surface area (Å²) in [6, 6.07) is 8.04. The molecule has 4 nitrogen and oxygen atoms in total. The van der Waals surface area contributed by atoms with Crippen LogP contribution >= 0.6 is 0 Å². The van der Waals surface area contributed by atoms with Gasteiger partial charge in [-0.1, -0.05) is 18.2 Å². The first-order valence-corrected chi connectivity index (χ1v) is 7.60. The second-order valence-corrected chi connectivity index (χ2v) is 6.27. The van der Waals surface area contributed by atoms with Crippen molar-refractivity contribution in [1.29, 1.82) is 0 Å². The predicted octanol–water partition coefficient (Wildman–Crippen LogP) is 2.47. The van der Waals surface area contributed by atoms with Crippen LogP contribution in [0.4, 0.5) is 0 Å². The molecule has 112 valence electrons. The molecule has 21 heavy (non-hydrogen) atoms. The Bertz CT molecular complexity index is 645. The molecular weight excluding hydrogens is 264 g/mol. The smallest absolute Gasteiger partial charge is 0.227 e. The number of aromatic nitrogens is 1. The number of hydrogen-bond donors (Lipinski definition) is 2. The molecule has 1 aromatic carbocycles. The van der Waals surface area contributed by atoms with Crippen molar-refractivity contribution in [1.82, 2.24) is 9.88 Å². The third kappa shape index (κ3) is 3.10. The van der Waals surface area contributed by atoms with Crippen LogP contribution in [0.15, 0.2) is 30.5 Å². The summed E-state index contributed by atoms with van der Waals surface area (Å²) in [6.45, 7) is 3.26. The molecule has 0 saturated carbocycles. The summed E-state index contributed by atoms with van der Waals surface area (Å²) in [5.41, 5.74) is 1.49. The lowest BCUT2D eigenvalue weighted by Gasteiger charge is -2.22. The lowest BCUT2D eigenvalue weighted by Crippen LogP contribution is -2.34. The molecular formula is C17H22N2O2. The standard InChI is InChI=1S/C17H22N2O2/c1-17(21)7-4-9-19(10-8-17)16(20)11-13-12-18-15-6-3-2-5-14(13)15/h2-3,5-6,12,18,21H,4,7-11H2,1H3. The van der Waals surface area contributed by atoms with Crippen molar-refractivity contribution in [3.63, 3.8) is 0 Å². The van der Waals surface area contributed by atoms with Gasteiger partial charge in [-0.2, -0.15) is 0 Å². The molecule has 2 heterocycles. The number of hydrogen-bond acceptors (Lipinski definition) is 2. The maximum atomic E-state index is 12.5. The fourth-order valence-electron chi connectivity index (χ4n) is 3.07. The molecule has 1 aromatic heterocycles. The van der Waals surface area contributed by atoms with Gasteiger partial charge in [-0.15, -0.1) is 0 Å². The Labute approximate surface area is 124 Å². The molecule has 2 N–H and O–H groups in total. The van der Waals surface area contributed by atoms with Crippen molar-refractivity contribution in [2.24, 2.45) is 0 Å². The van der Waals surface area contributed by atoms with Gasteiger partial charge in [0.05, 0.1) is 12.0 Å². The second-order valence-electron chi connectivity index (χ2n) is 6.27. The van der Waals surface area contributed by atoms with Crippen LogP contribution in [0.25, 0.3) is 10.9 Å². The Morgan fingerprint density at radius 3 is 3.00 bits per heavy atom. The monoisotopic (exact) mass is 286 g/mol. The van der Waals surface area contributed by atoms with E-state index in [4.69, 9.17) is 0 Å². The Balaban J connectivity index is 1.71. The summed E-state index contributed by atoms with van der Waals surface area (Å²) in [5, 5.41) is 11.2.